The molecule has 4 heterocycles. The van der Waals surface area contributed by atoms with Gasteiger partial charge in [-0.15, -0.1) is 11.3 Å². The monoisotopic (exact) mass is 550 g/mol. The van der Waals surface area contributed by atoms with Crippen LogP contribution in [0, 0.1) is 0 Å². The summed E-state index contributed by atoms with van der Waals surface area (Å²) in [5, 5.41) is 1.08. The van der Waals surface area contributed by atoms with Gasteiger partial charge < -0.3 is 24.3 Å². The van der Waals surface area contributed by atoms with Crippen molar-refractivity contribution in [2.75, 3.05) is 62.2 Å². The maximum atomic E-state index is 12.9. The van der Waals surface area contributed by atoms with Crippen LogP contribution in [0.4, 0.5) is 16.6 Å². The number of amides is 2. The van der Waals surface area contributed by atoms with E-state index in [-0.39, 0.29) is 12.0 Å². The van der Waals surface area contributed by atoms with Crippen molar-refractivity contribution in [3.05, 3.63) is 46.8 Å². The molecule has 0 atom stereocenters. The molecule has 1 aromatic carbocycles. The zero-order chi connectivity index (χ0) is 27.6. The van der Waals surface area contributed by atoms with E-state index >= 15 is 0 Å². The van der Waals surface area contributed by atoms with Crippen LogP contribution in [-0.4, -0.2) is 89.7 Å². The second-order valence-corrected chi connectivity index (χ2v) is 12.2. The molecule has 3 aromatic rings. The number of fused-ring (bicyclic) bond motifs is 1. The number of piperazine rings is 2. The fourth-order valence-electron chi connectivity index (χ4n) is 4.97. The third-order valence-electron chi connectivity index (χ3n) is 7.10. The zero-order valence-corrected chi connectivity index (χ0v) is 24.2. The number of rotatable bonds is 5. The average Bonchev–Trinajstić information content (AvgIpc) is 3.36. The number of thiophene rings is 1. The Hall–Kier alpha value is -3.40. The third-order valence-corrected chi connectivity index (χ3v) is 8.28. The second kappa shape index (κ2) is 11.4. The highest BCUT2D eigenvalue weighted by Crippen LogP contribution is 2.34. The number of carbonyl (C=O) groups is 2. The van der Waals surface area contributed by atoms with E-state index in [1.54, 1.807) is 16.2 Å². The summed E-state index contributed by atoms with van der Waals surface area (Å²) in [6.45, 7) is 13.1. The summed E-state index contributed by atoms with van der Waals surface area (Å²) in [4.78, 5) is 45.9. The first kappa shape index (κ1) is 27.2. The SMILES string of the molecule is CCc1cc2c(N3CCN(C(=O)Cc4ccccc4)CC3)nc(N3CCN(C(=O)OC(C)(C)C)CC3)nc2s1. The maximum absolute atomic E-state index is 12.9. The molecule has 2 aliphatic heterocycles. The lowest BCUT2D eigenvalue weighted by atomic mass is 10.1. The Bertz CT molecular complexity index is 1310. The summed E-state index contributed by atoms with van der Waals surface area (Å²) in [5.41, 5.74) is 0.535. The van der Waals surface area contributed by atoms with Gasteiger partial charge >= 0.3 is 6.09 Å². The van der Waals surface area contributed by atoms with Gasteiger partial charge in [0.15, 0.2) is 0 Å². The van der Waals surface area contributed by atoms with Gasteiger partial charge in [-0.25, -0.2) is 9.78 Å². The Morgan fingerprint density at radius 1 is 0.897 bits per heavy atom. The largest absolute Gasteiger partial charge is 0.444 e. The first-order valence-corrected chi connectivity index (χ1v) is 14.6. The average molecular weight is 551 g/mol. The minimum absolute atomic E-state index is 0.168. The number of benzene rings is 1. The molecule has 2 aliphatic rings. The zero-order valence-electron chi connectivity index (χ0n) is 23.4. The first-order chi connectivity index (χ1) is 18.7. The third kappa shape index (κ3) is 6.43. The van der Waals surface area contributed by atoms with Crippen LogP contribution in [0.2, 0.25) is 0 Å². The van der Waals surface area contributed by atoms with Crippen LogP contribution in [0.3, 0.4) is 0 Å². The molecule has 0 unspecified atom stereocenters. The molecule has 2 amide bonds. The number of nitrogens with zero attached hydrogens (tertiary/aromatic N) is 6. The predicted molar refractivity (Wildman–Crippen MR) is 156 cm³/mol. The molecule has 0 radical (unpaired) electrons. The Kier molecular flexibility index (Phi) is 7.93. The molecule has 0 N–H and O–H groups in total. The van der Waals surface area contributed by atoms with Gasteiger partial charge in [0.25, 0.3) is 0 Å². The van der Waals surface area contributed by atoms with Gasteiger partial charge in [0.05, 0.1) is 11.8 Å². The summed E-state index contributed by atoms with van der Waals surface area (Å²) in [6.07, 6.45) is 1.11. The molecule has 2 aromatic heterocycles. The fourth-order valence-corrected chi connectivity index (χ4v) is 5.92. The van der Waals surface area contributed by atoms with Crippen molar-refractivity contribution in [1.82, 2.24) is 19.8 Å². The van der Waals surface area contributed by atoms with Gasteiger partial charge in [-0.3, -0.25) is 4.79 Å². The van der Waals surface area contributed by atoms with Crippen LogP contribution in [0.15, 0.2) is 36.4 Å². The normalized spacial score (nSPS) is 16.6. The maximum Gasteiger partial charge on any atom is 0.410 e. The summed E-state index contributed by atoms with van der Waals surface area (Å²) >= 11 is 1.72. The van der Waals surface area contributed by atoms with Crippen LogP contribution in [0.5, 0.6) is 0 Å². The van der Waals surface area contributed by atoms with Crippen LogP contribution >= 0.6 is 11.3 Å². The lowest BCUT2D eigenvalue weighted by Gasteiger charge is -2.37. The van der Waals surface area contributed by atoms with E-state index in [1.807, 2.05) is 56.0 Å². The molecule has 208 valence electrons. The smallest absolute Gasteiger partial charge is 0.410 e. The number of aryl methyl sites for hydroxylation is 1. The van der Waals surface area contributed by atoms with Crippen LogP contribution < -0.4 is 9.80 Å². The number of carbonyl (C=O) groups excluding carboxylic acids is 2. The van der Waals surface area contributed by atoms with Gasteiger partial charge in [-0.1, -0.05) is 37.3 Å². The van der Waals surface area contributed by atoms with E-state index in [0.717, 1.165) is 41.1 Å². The standard InChI is InChI=1S/C29H38N6O3S/c1-5-22-20-23-25(33-13-11-32(12-14-33)24(36)19-21-9-7-6-8-10-21)30-27(31-26(23)39-22)34-15-17-35(18-16-34)28(37)38-29(2,3)4/h6-10,20H,5,11-19H2,1-4H3. The van der Waals surface area contributed by atoms with E-state index in [2.05, 4.69) is 22.8 Å². The highest BCUT2D eigenvalue weighted by Gasteiger charge is 2.29. The Labute approximate surface area is 234 Å². The molecular weight excluding hydrogens is 512 g/mol. The van der Waals surface area contributed by atoms with E-state index in [0.29, 0.717) is 51.6 Å². The van der Waals surface area contributed by atoms with E-state index in [1.165, 1.54) is 4.88 Å². The van der Waals surface area contributed by atoms with Gasteiger partial charge in [0.2, 0.25) is 11.9 Å². The number of hydrogen-bond donors (Lipinski definition) is 0. The lowest BCUT2D eigenvalue weighted by molar-refractivity contribution is -0.130. The molecule has 0 saturated carbocycles. The Balaban J connectivity index is 1.29. The van der Waals surface area contributed by atoms with Crippen LogP contribution in [0.25, 0.3) is 10.2 Å². The van der Waals surface area contributed by atoms with Crippen molar-refractivity contribution in [2.45, 2.75) is 46.1 Å². The molecule has 0 aliphatic carbocycles. The first-order valence-electron chi connectivity index (χ1n) is 13.8. The van der Waals surface area contributed by atoms with Crippen molar-refractivity contribution < 1.29 is 14.3 Å². The summed E-state index contributed by atoms with van der Waals surface area (Å²) < 4.78 is 5.55. The summed E-state index contributed by atoms with van der Waals surface area (Å²) in [5.74, 6) is 1.81. The van der Waals surface area contributed by atoms with Crippen LogP contribution in [0.1, 0.15) is 38.1 Å². The molecular formula is C29H38N6O3S. The van der Waals surface area contributed by atoms with Gasteiger partial charge in [0.1, 0.15) is 16.2 Å². The number of hydrogen-bond acceptors (Lipinski definition) is 8. The number of ether oxygens (including phenoxy) is 1. The second-order valence-electron chi connectivity index (χ2n) is 11.1. The van der Waals surface area contributed by atoms with Crippen molar-refractivity contribution in [3.63, 3.8) is 0 Å². The molecule has 5 rings (SSSR count). The number of aromatic nitrogens is 2. The Morgan fingerprint density at radius 2 is 1.54 bits per heavy atom. The van der Waals surface area contributed by atoms with E-state index < -0.39 is 5.60 Å². The summed E-state index contributed by atoms with van der Waals surface area (Å²) in [7, 11) is 0. The highest BCUT2D eigenvalue weighted by molar-refractivity contribution is 7.18. The minimum atomic E-state index is -0.510. The van der Waals surface area contributed by atoms with Gasteiger partial charge in [-0.05, 0) is 38.8 Å². The Morgan fingerprint density at radius 3 is 2.18 bits per heavy atom. The van der Waals surface area contributed by atoms with E-state index in [4.69, 9.17) is 14.7 Å². The van der Waals surface area contributed by atoms with Crippen molar-refractivity contribution in [1.29, 1.82) is 0 Å². The van der Waals surface area contributed by atoms with E-state index in [9.17, 15) is 9.59 Å². The highest BCUT2D eigenvalue weighted by atomic mass is 32.1. The molecule has 39 heavy (non-hydrogen) atoms. The van der Waals surface area contributed by atoms with Gasteiger partial charge in [-0.2, -0.15) is 4.98 Å². The molecule has 2 saturated heterocycles. The minimum Gasteiger partial charge on any atom is -0.444 e. The molecule has 0 bridgehead atoms. The predicted octanol–water partition coefficient (Wildman–Crippen LogP) is 4.20. The fraction of sp³-hybridized carbons (Fsp3) is 0.517. The van der Waals surface area contributed by atoms with Crippen molar-refractivity contribution >= 4 is 45.3 Å². The molecule has 2 fully saturated rings. The van der Waals surface area contributed by atoms with Crippen molar-refractivity contribution in [2.24, 2.45) is 0 Å². The molecule has 10 heteroatoms. The molecule has 0 spiro atoms. The lowest BCUT2D eigenvalue weighted by Crippen LogP contribution is -2.51. The van der Waals surface area contributed by atoms with Crippen molar-refractivity contribution in [3.8, 4) is 0 Å². The molecule has 9 nitrogen and oxygen atoms in total. The summed E-state index contributed by atoms with van der Waals surface area (Å²) in [6, 6.07) is 12.1. The quantitative estimate of drug-likeness (QED) is 0.471. The van der Waals surface area contributed by atoms with Gasteiger partial charge in [0, 0.05) is 57.2 Å². The van der Waals surface area contributed by atoms with Crippen LogP contribution in [-0.2, 0) is 22.4 Å². The topological polar surface area (TPSA) is 82.1 Å². The number of anilines is 2.